The van der Waals surface area contributed by atoms with Gasteiger partial charge in [-0.25, -0.2) is 9.48 Å². The second-order valence-corrected chi connectivity index (χ2v) is 6.79. The molecule has 0 spiro atoms. The van der Waals surface area contributed by atoms with Gasteiger partial charge in [0.1, 0.15) is 6.61 Å². The van der Waals surface area contributed by atoms with Gasteiger partial charge in [0.25, 0.3) is 5.56 Å². The zero-order valence-electron chi connectivity index (χ0n) is 14.7. The highest BCUT2D eigenvalue weighted by molar-refractivity contribution is 6.31. The second kappa shape index (κ2) is 7.70. The van der Waals surface area contributed by atoms with Crippen molar-refractivity contribution < 1.29 is 14.3 Å². The Kier molecular flexibility index (Phi) is 5.85. The Hall–Kier alpha value is -2.34. The fraction of sp³-hybridized carbons (Fsp3) is 0.389. The topological polar surface area (TPSA) is 70.4 Å². The predicted octanol–water partition coefficient (Wildman–Crippen LogP) is 3.41. The highest BCUT2D eigenvalue weighted by Gasteiger charge is 2.20. The molecule has 0 aliphatic heterocycles. The number of esters is 1. The molecule has 0 aliphatic rings. The molecule has 6 nitrogen and oxygen atoms in total. The Morgan fingerprint density at radius 3 is 2.44 bits per heavy atom. The largest absolute Gasteiger partial charge is 0.485 e. The van der Waals surface area contributed by atoms with E-state index < -0.39 is 11.1 Å². The average molecular weight is 365 g/mol. The molecule has 0 aliphatic carbocycles. The first-order chi connectivity index (χ1) is 11.7. The molecule has 0 N–H and O–H groups in total. The first kappa shape index (κ1) is 19.0. The third-order valence-electron chi connectivity index (χ3n) is 3.38. The van der Waals surface area contributed by atoms with Crippen LogP contribution in [0.5, 0.6) is 5.75 Å². The molecule has 0 radical (unpaired) electrons. The summed E-state index contributed by atoms with van der Waals surface area (Å²) < 4.78 is 11.8. The van der Waals surface area contributed by atoms with Gasteiger partial charge in [-0.3, -0.25) is 4.79 Å². The van der Waals surface area contributed by atoms with Crippen LogP contribution in [-0.4, -0.2) is 22.4 Å². The normalized spacial score (nSPS) is 11.2. The van der Waals surface area contributed by atoms with Gasteiger partial charge in [0, 0.05) is 0 Å². The number of hydrogen-bond donors (Lipinski definition) is 0. The third-order valence-corrected chi connectivity index (χ3v) is 3.73. The van der Waals surface area contributed by atoms with Crippen molar-refractivity contribution in [1.82, 2.24) is 9.78 Å². The van der Waals surface area contributed by atoms with Gasteiger partial charge in [0.15, 0.2) is 10.8 Å². The highest BCUT2D eigenvalue weighted by atomic mass is 35.5. The fourth-order valence-electron chi connectivity index (χ4n) is 2.11. The van der Waals surface area contributed by atoms with Crippen molar-refractivity contribution in [3.8, 4) is 5.75 Å². The summed E-state index contributed by atoms with van der Waals surface area (Å²) in [5, 5.41) is 4.11. The number of carbonyl (C=O) groups excluding carboxylic acids is 1. The molecule has 134 valence electrons. The molecule has 0 amide bonds. The van der Waals surface area contributed by atoms with Gasteiger partial charge in [-0.05, 0) is 45.4 Å². The van der Waals surface area contributed by atoms with Crippen molar-refractivity contribution in [3.63, 3.8) is 0 Å². The zero-order chi connectivity index (χ0) is 18.6. The van der Waals surface area contributed by atoms with E-state index in [1.54, 1.807) is 31.2 Å². The SMILES string of the molecule is CCOC(=O)c1ccc(COc2cnn(C(C)(C)C)c(=O)c2Cl)cc1. The summed E-state index contributed by atoms with van der Waals surface area (Å²) in [6.45, 7) is 7.88. The van der Waals surface area contributed by atoms with E-state index in [9.17, 15) is 9.59 Å². The molecular weight excluding hydrogens is 344 g/mol. The van der Waals surface area contributed by atoms with Crippen LogP contribution in [0.1, 0.15) is 43.6 Å². The summed E-state index contributed by atoms with van der Waals surface area (Å²) in [6.07, 6.45) is 1.43. The highest BCUT2D eigenvalue weighted by Crippen LogP contribution is 2.21. The fourth-order valence-corrected chi connectivity index (χ4v) is 2.29. The Bertz CT molecular complexity index is 807. The lowest BCUT2D eigenvalue weighted by Crippen LogP contribution is -2.36. The van der Waals surface area contributed by atoms with Crippen molar-refractivity contribution in [2.24, 2.45) is 0 Å². The molecule has 1 aromatic carbocycles. The molecule has 25 heavy (non-hydrogen) atoms. The third kappa shape index (κ3) is 4.60. The number of ether oxygens (including phenoxy) is 2. The van der Waals surface area contributed by atoms with E-state index >= 15 is 0 Å². The van der Waals surface area contributed by atoms with Gasteiger partial charge in [0.2, 0.25) is 0 Å². The van der Waals surface area contributed by atoms with Gasteiger partial charge < -0.3 is 9.47 Å². The lowest BCUT2D eigenvalue weighted by atomic mass is 10.1. The van der Waals surface area contributed by atoms with Crippen LogP contribution < -0.4 is 10.3 Å². The molecular formula is C18H21ClN2O4. The van der Waals surface area contributed by atoms with Crippen LogP contribution in [-0.2, 0) is 16.9 Å². The molecule has 0 saturated heterocycles. The van der Waals surface area contributed by atoms with Gasteiger partial charge in [0.05, 0.1) is 23.9 Å². The average Bonchev–Trinajstić information content (AvgIpc) is 2.55. The first-order valence-corrected chi connectivity index (χ1v) is 8.29. The summed E-state index contributed by atoms with van der Waals surface area (Å²) in [6, 6.07) is 6.83. The minimum absolute atomic E-state index is 0.00642. The van der Waals surface area contributed by atoms with E-state index in [4.69, 9.17) is 21.1 Å². The van der Waals surface area contributed by atoms with Gasteiger partial charge in [-0.1, -0.05) is 23.7 Å². The van der Waals surface area contributed by atoms with Crippen molar-refractivity contribution in [2.75, 3.05) is 6.61 Å². The minimum Gasteiger partial charge on any atom is -0.485 e. The van der Waals surface area contributed by atoms with Crippen LogP contribution in [0.15, 0.2) is 35.3 Å². The quantitative estimate of drug-likeness (QED) is 0.760. The van der Waals surface area contributed by atoms with E-state index in [1.165, 1.54) is 10.9 Å². The van der Waals surface area contributed by atoms with E-state index in [-0.39, 0.29) is 23.3 Å². The standard InChI is InChI=1S/C18H21ClN2O4/c1-5-24-17(23)13-8-6-12(7-9-13)11-25-14-10-20-21(18(2,3)4)16(22)15(14)19/h6-10H,5,11H2,1-4H3. The molecule has 0 fully saturated rings. The molecule has 2 aromatic rings. The van der Waals surface area contributed by atoms with E-state index in [1.807, 2.05) is 20.8 Å². The zero-order valence-corrected chi connectivity index (χ0v) is 15.5. The van der Waals surface area contributed by atoms with Gasteiger partial charge >= 0.3 is 5.97 Å². The maximum Gasteiger partial charge on any atom is 0.338 e. The molecule has 1 heterocycles. The Balaban J connectivity index is 2.10. The molecule has 0 unspecified atom stereocenters. The minimum atomic E-state index is -0.470. The molecule has 0 bridgehead atoms. The Morgan fingerprint density at radius 1 is 1.24 bits per heavy atom. The number of rotatable bonds is 5. The summed E-state index contributed by atoms with van der Waals surface area (Å²) in [5.74, 6) is -0.144. The molecule has 7 heteroatoms. The van der Waals surface area contributed by atoms with Gasteiger partial charge in [-0.2, -0.15) is 5.10 Å². The van der Waals surface area contributed by atoms with Crippen LogP contribution in [0.4, 0.5) is 0 Å². The first-order valence-electron chi connectivity index (χ1n) is 7.91. The van der Waals surface area contributed by atoms with Gasteiger partial charge in [-0.15, -0.1) is 0 Å². The Labute approximate surface area is 151 Å². The summed E-state index contributed by atoms with van der Waals surface area (Å²) in [5.41, 5.74) is 0.425. The van der Waals surface area contributed by atoms with Crippen molar-refractivity contribution in [2.45, 2.75) is 39.8 Å². The number of hydrogen-bond acceptors (Lipinski definition) is 5. The molecule has 0 atom stereocenters. The van der Waals surface area contributed by atoms with Crippen LogP contribution in [0.3, 0.4) is 0 Å². The summed E-state index contributed by atoms with van der Waals surface area (Å²) >= 11 is 6.11. The summed E-state index contributed by atoms with van der Waals surface area (Å²) in [7, 11) is 0. The number of nitrogens with zero attached hydrogens (tertiary/aromatic N) is 2. The van der Waals surface area contributed by atoms with Crippen LogP contribution in [0, 0.1) is 0 Å². The van der Waals surface area contributed by atoms with Crippen molar-refractivity contribution in [3.05, 3.63) is 57.0 Å². The maximum absolute atomic E-state index is 12.3. The summed E-state index contributed by atoms with van der Waals surface area (Å²) in [4.78, 5) is 23.9. The van der Waals surface area contributed by atoms with E-state index in [0.29, 0.717) is 12.2 Å². The predicted molar refractivity (Wildman–Crippen MR) is 95.2 cm³/mol. The lowest BCUT2D eigenvalue weighted by molar-refractivity contribution is 0.0526. The number of aromatic nitrogens is 2. The smallest absolute Gasteiger partial charge is 0.338 e. The van der Waals surface area contributed by atoms with E-state index in [2.05, 4.69) is 5.10 Å². The number of halogens is 1. The van der Waals surface area contributed by atoms with Crippen LogP contribution in [0.2, 0.25) is 5.02 Å². The van der Waals surface area contributed by atoms with Crippen molar-refractivity contribution >= 4 is 17.6 Å². The maximum atomic E-state index is 12.3. The molecule has 1 aromatic heterocycles. The number of carbonyl (C=O) groups is 1. The number of benzene rings is 1. The monoisotopic (exact) mass is 364 g/mol. The lowest BCUT2D eigenvalue weighted by Gasteiger charge is -2.21. The van der Waals surface area contributed by atoms with E-state index in [0.717, 1.165) is 5.56 Å². The van der Waals surface area contributed by atoms with Crippen LogP contribution >= 0.6 is 11.6 Å². The second-order valence-electron chi connectivity index (χ2n) is 6.42. The molecule has 0 saturated carbocycles. The Morgan fingerprint density at radius 2 is 1.88 bits per heavy atom. The van der Waals surface area contributed by atoms with Crippen molar-refractivity contribution in [1.29, 1.82) is 0 Å². The molecule has 2 rings (SSSR count). The van der Waals surface area contributed by atoms with Crippen LogP contribution in [0.25, 0.3) is 0 Å².